The fraction of sp³-hybridized carbons (Fsp3) is 0.727. The van der Waals surface area contributed by atoms with Crippen LogP contribution in [0.15, 0.2) is 5.38 Å². The molecule has 1 fully saturated rings. The molecule has 1 aliphatic rings. The smallest absolute Gasteiger partial charge is 0.346 e. The fourth-order valence-corrected chi connectivity index (χ4v) is 2.28. The molecule has 1 aliphatic heterocycles. The third kappa shape index (κ3) is 4.45. The van der Waals surface area contributed by atoms with Gasteiger partial charge < -0.3 is 10.2 Å². The molecule has 0 saturated carbocycles. The van der Waals surface area contributed by atoms with Crippen molar-refractivity contribution in [3.05, 3.63) is 11.1 Å². The van der Waals surface area contributed by atoms with Crippen molar-refractivity contribution in [2.24, 2.45) is 0 Å². The van der Waals surface area contributed by atoms with E-state index in [0.29, 0.717) is 18.2 Å². The molecule has 0 atom stereocenters. The van der Waals surface area contributed by atoms with Crippen molar-refractivity contribution in [2.75, 3.05) is 31.1 Å². The Morgan fingerprint density at radius 3 is 2.33 bits per heavy atom. The Bertz CT molecular complexity index is 346. The zero-order valence-electron chi connectivity index (χ0n) is 10.5. The fourth-order valence-electron chi connectivity index (χ4n) is 1.40. The average molecular weight is 281 g/mol. The van der Waals surface area contributed by atoms with E-state index in [0.717, 1.165) is 29.8 Å². The van der Waals surface area contributed by atoms with Crippen LogP contribution in [-0.4, -0.2) is 31.2 Å². The minimum absolute atomic E-state index is 0.462. The van der Waals surface area contributed by atoms with Gasteiger partial charge in [-0.05, 0) is 0 Å². The van der Waals surface area contributed by atoms with Crippen molar-refractivity contribution < 1.29 is 13.2 Å². The number of rotatable bonds is 1. The van der Waals surface area contributed by atoms with Gasteiger partial charge in [-0.25, -0.2) is 4.98 Å². The van der Waals surface area contributed by atoms with Crippen molar-refractivity contribution in [1.82, 2.24) is 10.3 Å². The molecule has 0 unspecified atom stereocenters. The molecule has 7 heteroatoms. The van der Waals surface area contributed by atoms with Gasteiger partial charge in [0.1, 0.15) is 0 Å². The van der Waals surface area contributed by atoms with Gasteiger partial charge in [-0.1, -0.05) is 20.3 Å². The zero-order chi connectivity index (χ0) is 13.6. The molecule has 104 valence electrons. The summed E-state index contributed by atoms with van der Waals surface area (Å²) in [6.07, 6.45) is -3.08. The van der Waals surface area contributed by atoms with Crippen molar-refractivity contribution >= 4 is 16.5 Å². The summed E-state index contributed by atoms with van der Waals surface area (Å²) in [5.41, 5.74) is -0.791. The first kappa shape index (κ1) is 15.2. The van der Waals surface area contributed by atoms with Gasteiger partial charge in [-0.15, -0.1) is 11.3 Å². The Kier molecular flexibility index (Phi) is 5.87. The lowest BCUT2D eigenvalue weighted by Gasteiger charge is -2.26. The number of piperazine rings is 1. The maximum absolute atomic E-state index is 12.3. The lowest BCUT2D eigenvalue weighted by Crippen LogP contribution is -2.43. The molecule has 0 bridgehead atoms. The first-order chi connectivity index (χ1) is 8.49. The maximum Gasteiger partial charge on any atom is 0.434 e. The van der Waals surface area contributed by atoms with Crippen LogP contribution in [0.3, 0.4) is 0 Å². The molecule has 0 spiro atoms. The summed E-state index contributed by atoms with van der Waals surface area (Å²) in [6.45, 7) is 7.26. The van der Waals surface area contributed by atoms with Crippen LogP contribution in [0.2, 0.25) is 0 Å². The minimum Gasteiger partial charge on any atom is -0.346 e. The zero-order valence-corrected chi connectivity index (χ0v) is 11.4. The highest BCUT2D eigenvalue weighted by Gasteiger charge is 2.34. The Morgan fingerprint density at radius 2 is 1.89 bits per heavy atom. The SMILES string of the molecule is CCC.FC(F)(F)c1csc(N2CCNCC2)n1. The van der Waals surface area contributed by atoms with E-state index in [4.69, 9.17) is 0 Å². The summed E-state index contributed by atoms with van der Waals surface area (Å²) in [7, 11) is 0. The topological polar surface area (TPSA) is 28.2 Å². The number of halogens is 3. The normalized spacial score (nSPS) is 16.2. The van der Waals surface area contributed by atoms with E-state index in [2.05, 4.69) is 24.1 Å². The van der Waals surface area contributed by atoms with Crippen LogP contribution >= 0.6 is 11.3 Å². The summed E-state index contributed by atoms with van der Waals surface area (Å²) in [4.78, 5) is 5.47. The Morgan fingerprint density at radius 1 is 1.33 bits per heavy atom. The number of alkyl halides is 3. The van der Waals surface area contributed by atoms with E-state index in [1.165, 1.54) is 6.42 Å². The molecule has 1 aromatic heterocycles. The van der Waals surface area contributed by atoms with Crippen molar-refractivity contribution in [3.8, 4) is 0 Å². The summed E-state index contributed by atoms with van der Waals surface area (Å²) < 4.78 is 36.8. The number of hydrogen-bond donors (Lipinski definition) is 1. The molecule has 0 amide bonds. The predicted octanol–water partition coefficient (Wildman–Crippen LogP) is 2.99. The van der Waals surface area contributed by atoms with E-state index < -0.39 is 11.9 Å². The highest BCUT2D eigenvalue weighted by atomic mass is 32.1. The van der Waals surface area contributed by atoms with Gasteiger partial charge in [0.25, 0.3) is 0 Å². The van der Waals surface area contributed by atoms with Crippen LogP contribution in [0.1, 0.15) is 26.0 Å². The van der Waals surface area contributed by atoms with E-state index in [9.17, 15) is 13.2 Å². The molecular weight excluding hydrogens is 263 g/mol. The third-order valence-electron chi connectivity index (χ3n) is 2.17. The Balaban J connectivity index is 0.000000492. The molecule has 3 nitrogen and oxygen atoms in total. The van der Waals surface area contributed by atoms with Crippen LogP contribution in [0.5, 0.6) is 0 Å². The quantitative estimate of drug-likeness (QED) is 0.857. The standard InChI is InChI=1S/C8H10F3N3S.C3H8/c9-8(10,11)6-5-15-7(13-6)14-3-1-12-2-4-14;1-3-2/h5,12H,1-4H2;3H2,1-2H3. The van der Waals surface area contributed by atoms with E-state index in [-0.39, 0.29) is 0 Å². The second-order valence-electron chi connectivity index (χ2n) is 3.96. The largest absolute Gasteiger partial charge is 0.434 e. The van der Waals surface area contributed by atoms with Gasteiger partial charge in [0.05, 0.1) is 0 Å². The first-order valence-corrected chi connectivity index (χ1v) is 6.85. The van der Waals surface area contributed by atoms with Crippen LogP contribution in [0, 0.1) is 0 Å². The maximum atomic E-state index is 12.3. The number of nitrogens with one attached hydrogen (secondary N) is 1. The lowest BCUT2D eigenvalue weighted by molar-refractivity contribution is -0.140. The minimum atomic E-state index is -4.33. The van der Waals surface area contributed by atoms with E-state index >= 15 is 0 Å². The van der Waals surface area contributed by atoms with Crippen molar-refractivity contribution in [2.45, 2.75) is 26.4 Å². The molecule has 1 aromatic rings. The summed E-state index contributed by atoms with van der Waals surface area (Å²) in [5.74, 6) is 0. The van der Waals surface area contributed by atoms with Gasteiger partial charge in [-0.3, -0.25) is 0 Å². The van der Waals surface area contributed by atoms with E-state index in [1.807, 2.05) is 4.90 Å². The third-order valence-corrected chi connectivity index (χ3v) is 3.07. The van der Waals surface area contributed by atoms with Gasteiger partial charge in [0.2, 0.25) is 0 Å². The summed E-state index contributed by atoms with van der Waals surface area (Å²) >= 11 is 1.05. The molecule has 18 heavy (non-hydrogen) atoms. The number of hydrogen-bond acceptors (Lipinski definition) is 4. The molecule has 1 saturated heterocycles. The lowest BCUT2D eigenvalue weighted by atomic mass is 10.4. The van der Waals surface area contributed by atoms with Crippen molar-refractivity contribution in [3.63, 3.8) is 0 Å². The van der Waals surface area contributed by atoms with Crippen LogP contribution < -0.4 is 10.2 Å². The number of nitrogens with zero attached hydrogens (tertiary/aromatic N) is 2. The Hall–Kier alpha value is -0.820. The number of thiazole rings is 1. The summed E-state index contributed by atoms with van der Waals surface area (Å²) in [6, 6.07) is 0. The van der Waals surface area contributed by atoms with Crippen LogP contribution in [0.4, 0.5) is 18.3 Å². The van der Waals surface area contributed by atoms with Crippen LogP contribution in [0.25, 0.3) is 0 Å². The van der Waals surface area contributed by atoms with Crippen LogP contribution in [-0.2, 0) is 6.18 Å². The van der Waals surface area contributed by atoms with Gasteiger partial charge in [-0.2, -0.15) is 13.2 Å². The second-order valence-corrected chi connectivity index (χ2v) is 4.79. The molecule has 2 heterocycles. The van der Waals surface area contributed by atoms with E-state index in [1.54, 1.807) is 0 Å². The van der Waals surface area contributed by atoms with Crippen molar-refractivity contribution in [1.29, 1.82) is 0 Å². The monoisotopic (exact) mass is 281 g/mol. The van der Waals surface area contributed by atoms with Gasteiger partial charge in [0.15, 0.2) is 10.8 Å². The molecule has 0 aromatic carbocycles. The Labute approximate surface area is 109 Å². The van der Waals surface area contributed by atoms with Gasteiger partial charge >= 0.3 is 6.18 Å². The highest BCUT2D eigenvalue weighted by molar-refractivity contribution is 7.13. The molecular formula is C11H18F3N3S. The van der Waals surface area contributed by atoms with Gasteiger partial charge in [0, 0.05) is 31.6 Å². The molecule has 0 aliphatic carbocycles. The first-order valence-electron chi connectivity index (χ1n) is 5.97. The summed E-state index contributed by atoms with van der Waals surface area (Å²) in [5, 5.41) is 4.66. The molecule has 0 radical (unpaired) electrons. The number of aromatic nitrogens is 1. The second kappa shape index (κ2) is 6.94. The number of anilines is 1. The average Bonchev–Trinajstić information content (AvgIpc) is 2.80. The molecule has 2 rings (SSSR count). The highest BCUT2D eigenvalue weighted by Crippen LogP contribution is 2.32. The predicted molar refractivity (Wildman–Crippen MR) is 68.2 cm³/mol. The molecule has 1 N–H and O–H groups in total.